The van der Waals surface area contributed by atoms with Gasteiger partial charge in [0.15, 0.2) is 0 Å². The van der Waals surface area contributed by atoms with Crippen LogP contribution in [0.4, 0.5) is 5.69 Å². The van der Waals surface area contributed by atoms with Crippen molar-refractivity contribution < 1.29 is 19.2 Å². The Morgan fingerprint density at radius 3 is 2.36 bits per heavy atom. The number of hydrogen-bond donors (Lipinski definition) is 1. The largest absolute Gasteiger partial charge is 0.478 e. The molecule has 6 nitrogen and oxygen atoms in total. The van der Waals surface area contributed by atoms with Crippen molar-refractivity contribution in [2.24, 2.45) is 0 Å². The lowest BCUT2D eigenvalue weighted by molar-refractivity contribution is -0.384. The van der Waals surface area contributed by atoms with Crippen LogP contribution >= 0.6 is 0 Å². The van der Waals surface area contributed by atoms with Gasteiger partial charge in [0.05, 0.1) is 16.1 Å². The fraction of sp³-hybridized carbons (Fsp3) is 0. The maximum Gasteiger partial charge on any atom is 0.336 e. The van der Waals surface area contributed by atoms with Crippen LogP contribution in [0.2, 0.25) is 0 Å². The Morgan fingerprint density at radius 1 is 1.00 bits per heavy atom. The molecule has 0 radical (unpaired) electrons. The van der Waals surface area contributed by atoms with Crippen molar-refractivity contribution in [1.82, 2.24) is 0 Å². The Balaban J connectivity index is 2.02. The second kappa shape index (κ2) is 6.84. The lowest BCUT2D eigenvalue weighted by atomic mass is 10.1. The molecule has 1 aromatic heterocycles. The molecule has 0 bridgehead atoms. The van der Waals surface area contributed by atoms with E-state index in [0.717, 1.165) is 0 Å². The van der Waals surface area contributed by atoms with Crippen LogP contribution < -0.4 is 0 Å². The number of furan rings is 1. The summed E-state index contributed by atoms with van der Waals surface area (Å²) < 4.78 is 5.62. The van der Waals surface area contributed by atoms with Crippen LogP contribution in [-0.4, -0.2) is 16.0 Å². The maximum absolute atomic E-state index is 11.5. The molecular formula is C19H13NO5. The Labute approximate surface area is 142 Å². The molecule has 0 aliphatic heterocycles. The molecule has 1 heterocycles. The zero-order valence-electron chi connectivity index (χ0n) is 13.0. The third-order valence-corrected chi connectivity index (χ3v) is 3.59. The van der Waals surface area contributed by atoms with E-state index in [-0.39, 0.29) is 11.3 Å². The molecule has 2 aromatic carbocycles. The summed E-state index contributed by atoms with van der Waals surface area (Å²) in [5.41, 5.74) is 0.875. The number of nitrogens with zero attached hydrogens (tertiary/aromatic N) is 1. The van der Waals surface area contributed by atoms with Gasteiger partial charge in [-0.3, -0.25) is 10.1 Å². The second-order valence-electron chi connectivity index (χ2n) is 5.21. The van der Waals surface area contributed by atoms with Crippen molar-refractivity contribution in [1.29, 1.82) is 0 Å². The number of rotatable bonds is 5. The van der Waals surface area contributed by atoms with Gasteiger partial charge in [0.1, 0.15) is 11.5 Å². The lowest BCUT2D eigenvalue weighted by Crippen LogP contribution is -1.99. The maximum atomic E-state index is 11.5. The molecule has 0 fully saturated rings. The molecule has 0 spiro atoms. The molecule has 0 unspecified atom stereocenters. The number of nitro groups is 1. The van der Waals surface area contributed by atoms with Gasteiger partial charge < -0.3 is 9.52 Å². The van der Waals surface area contributed by atoms with E-state index in [1.807, 2.05) is 0 Å². The molecule has 0 atom stereocenters. The highest BCUT2D eigenvalue weighted by atomic mass is 16.6. The van der Waals surface area contributed by atoms with Crippen LogP contribution in [0.3, 0.4) is 0 Å². The Kier molecular flexibility index (Phi) is 4.43. The van der Waals surface area contributed by atoms with Gasteiger partial charge in [-0.05, 0) is 29.8 Å². The number of nitro benzene ring substituents is 1. The molecule has 6 heteroatoms. The number of hydrogen-bond acceptors (Lipinski definition) is 4. The van der Waals surface area contributed by atoms with Gasteiger partial charge in [-0.2, -0.15) is 0 Å². The van der Waals surface area contributed by atoms with E-state index in [1.54, 1.807) is 60.7 Å². The molecule has 0 aliphatic carbocycles. The molecule has 1 N–H and O–H groups in total. The van der Waals surface area contributed by atoms with Crippen molar-refractivity contribution >= 4 is 23.3 Å². The fourth-order valence-corrected chi connectivity index (χ4v) is 2.44. The van der Waals surface area contributed by atoms with Gasteiger partial charge >= 0.3 is 5.97 Å². The van der Waals surface area contributed by atoms with Crippen LogP contribution in [0.15, 0.2) is 71.1 Å². The average Bonchev–Trinajstić information content (AvgIpc) is 3.08. The van der Waals surface area contributed by atoms with Crippen LogP contribution in [-0.2, 0) is 4.79 Å². The number of carboxylic acids is 1. The molecule has 124 valence electrons. The lowest BCUT2D eigenvalue weighted by Gasteiger charge is -2.02. The van der Waals surface area contributed by atoms with Crippen molar-refractivity contribution in [2.75, 3.05) is 0 Å². The fourth-order valence-electron chi connectivity index (χ4n) is 2.44. The summed E-state index contributed by atoms with van der Waals surface area (Å²) in [7, 11) is 0. The Bertz CT molecular complexity index is 957. The van der Waals surface area contributed by atoms with Crippen LogP contribution in [0.25, 0.3) is 23.0 Å². The van der Waals surface area contributed by atoms with E-state index in [0.29, 0.717) is 22.6 Å². The summed E-state index contributed by atoms with van der Waals surface area (Å²) in [4.78, 5) is 22.2. The number of benzene rings is 2. The molecule has 0 saturated carbocycles. The third-order valence-electron chi connectivity index (χ3n) is 3.59. The minimum Gasteiger partial charge on any atom is -0.478 e. The Morgan fingerprint density at radius 2 is 1.68 bits per heavy atom. The summed E-state index contributed by atoms with van der Waals surface area (Å²) in [6.45, 7) is 0. The molecule has 0 amide bonds. The van der Waals surface area contributed by atoms with E-state index >= 15 is 0 Å². The zero-order valence-corrected chi connectivity index (χ0v) is 13.0. The summed E-state index contributed by atoms with van der Waals surface area (Å²) in [6, 6.07) is 18.0. The summed E-state index contributed by atoms with van der Waals surface area (Å²) in [5, 5.41) is 20.6. The zero-order chi connectivity index (χ0) is 17.8. The van der Waals surface area contributed by atoms with Gasteiger partial charge in [-0.1, -0.05) is 42.5 Å². The van der Waals surface area contributed by atoms with E-state index in [1.165, 1.54) is 12.1 Å². The highest BCUT2D eigenvalue weighted by molar-refractivity contribution is 6.20. The summed E-state index contributed by atoms with van der Waals surface area (Å²) in [6.07, 6.45) is 1.40. The summed E-state index contributed by atoms with van der Waals surface area (Å²) in [5.74, 6) is -0.486. The monoisotopic (exact) mass is 335 g/mol. The quantitative estimate of drug-likeness (QED) is 0.421. The number of para-hydroxylation sites is 1. The number of carboxylic acid groups (broad SMARTS) is 1. The minimum atomic E-state index is -1.09. The van der Waals surface area contributed by atoms with E-state index in [9.17, 15) is 20.0 Å². The minimum absolute atomic E-state index is 0.0732. The first-order chi connectivity index (χ1) is 12.1. The second-order valence-corrected chi connectivity index (χ2v) is 5.21. The highest BCUT2D eigenvalue weighted by Gasteiger charge is 2.17. The molecular weight excluding hydrogens is 322 g/mol. The van der Waals surface area contributed by atoms with Gasteiger partial charge in [0.25, 0.3) is 5.69 Å². The highest BCUT2D eigenvalue weighted by Crippen LogP contribution is 2.31. The van der Waals surface area contributed by atoms with Gasteiger partial charge in [-0.15, -0.1) is 0 Å². The van der Waals surface area contributed by atoms with Crippen LogP contribution in [0.1, 0.15) is 11.3 Å². The molecule has 0 aliphatic rings. The Hall–Kier alpha value is -3.67. The smallest absolute Gasteiger partial charge is 0.336 e. The average molecular weight is 335 g/mol. The van der Waals surface area contributed by atoms with E-state index < -0.39 is 10.9 Å². The SMILES string of the molecule is O=C(O)C(=Cc1ccc(-c2ccccc2[N+](=O)[O-])o1)c1ccccc1. The summed E-state index contributed by atoms with van der Waals surface area (Å²) >= 11 is 0. The van der Waals surface area contributed by atoms with Crippen molar-refractivity contribution in [3.63, 3.8) is 0 Å². The van der Waals surface area contributed by atoms with Gasteiger partial charge in [0.2, 0.25) is 0 Å². The molecule has 0 saturated heterocycles. The third kappa shape index (κ3) is 3.48. The van der Waals surface area contributed by atoms with Crippen molar-refractivity contribution in [2.45, 2.75) is 0 Å². The van der Waals surface area contributed by atoms with Crippen LogP contribution in [0.5, 0.6) is 0 Å². The first kappa shape index (κ1) is 16.2. The normalized spacial score (nSPS) is 11.3. The van der Waals surface area contributed by atoms with E-state index in [2.05, 4.69) is 0 Å². The first-order valence-corrected chi connectivity index (χ1v) is 7.40. The van der Waals surface area contributed by atoms with Gasteiger partial charge in [0, 0.05) is 6.07 Å². The number of aliphatic carboxylic acids is 1. The topological polar surface area (TPSA) is 93.6 Å². The first-order valence-electron chi connectivity index (χ1n) is 7.40. The van der Waals surface area contributed by atoms with Crippen molar-refractivity contribution in [3.05, 3.63) is 88.2 Å². The molecule has 3 rings (SSSR count). The van der Waals surface area contributed by atoms with Gasteiger partial charge in [-0.25, -0.2) is 4.79 Å². The molecule has 25 heavy (non-hydrogen) atoms. The number of carbonyl (C=O) groups is 1. The predicted octanol–water partition coefficient (Wildman–Crippen LogP) is 4.48. The van der Waals surface area contributed by atoms with E-state index in [4.69, 9.17) is 4.42 Å². The van der Waals surface area contributed by atoms with Crippen LogP contribution in [0, 0.1) is 10.1 Å². The molecule has 3 aromatic rings. The standard InChI is InChI=1S/C19H13NO5/c21-19(22)16(13-6-2-1-3-7-13)12-14-10-11-18(25-14)15-8-4-5-9-17(15)20(23)24/h1-12H,(H,21,22). The van der Waals surface area contributed by atoms with Crippen molar-refractivity contribution in [3.8, 4) is 11.3 Å². The predicted molar refractivity (Wildman–Crippen MR) is 92.7 cm³/mol.